The Bertz CT molecular complexity index is 517. The average molecular weight is 308 g/mol. The van der Waals surface area contributed by atoms with E-state index in [0.29, 0.717) is 11.4 Å². The summed E-state index contributed by atoms with van der Waals surface area (Å²) < 4.78 is 5.91. The number of carbonyl (C=O) groups is 1. The van der Waals surface area contributed by atoms with Gasteiger partial charge in [0, 0.05) is 13.0 Å². The molecule has 6 nitrogen and oxygen atoms in total. The number of unbranched alkanes of at least 4 members (excludes halogenated alkanes) is 2. The van der Waals surface area contributed by atoms with Crippen molar-refractivity contribution in [2.45, 2.75) is 59.0 Å². The lowest BCUT2D eigenvalue weighted by Crippen LogP contribution is -2.17. The van der Waals surface area contributed by atoms with Gasteiger partial charge in [-0.25, -0.2) is 0 Å². The predicted molar refractivity (Wildman–Crippen MR) is 86.2 cm³/mol. The second kappa shape index (κ2) is 9.02. The first-order valence-corrected chi connectivity index (χ1v) is 7.70. The van der Waals surface area contributed by atoms with E-state index in [4.69, 9.17) is 4.74 Å². The molecule has 0 fully saturated rings. The van der Waals surface area contributed by atoms with E-state index in [2.05, 4.69) is 12.2 Å². The SMILES string of the molecule is CCCCCC(CC)Oc1cc([N+](=O)[O-])ccc1NC(C)=O. The topological polar surface area (TPSA) is 81.5 Å². The Morgan fingerprint density at radius 2 is 2.09 bits per heavy atom. The lowest BCUT2D eigenvalue weighted by atomic mass is 10.1. The summed E-state index contributed by atoms with van der Waals surface area (Å²) in [6, 6.07) is 4.23. The van der Waals surface area contributed by atoms with Crippen LogP contribution in [0.15, 0.2) is 18.2 Å². The molecule has 1 N–H and O–H groups in total. The number of hydrogen-bond acceptors (Lipinski definition) is 4. The van der Waals surface area contributed by atoms with E-state index >= 15 is 0 Å². The van der Waals surface area contributed by atoms with E-state index in [1.54, 1.807) is 0 Å². The number of anilines is 1. The standard InChI is InChI=1S/C16H24N2O4/c1-4-6-7-8-14(5-2)22-16-11-13(18(20)21)9-10-15(16)17-12(3)19/h9-11,14H,4-8H2,1-3H3,(H,17,19). The van der Waals surface area contributed by atoms with Gasteiger partial charge in [-0.2, -0.15) is 0 Å². The number of rotatable bonds is 9. The number of nitrogens with zero attached hydrogens (tertiary/aromatic N) is 1. The van der Waals surface area contributed by atoms with Crippen LogP contribution in [-0.4, -0.2) is 16.9 Å². The first-order valence-electron chi connectivity index (χ1n) is 7.70. The largest absolute Gasteiger partial charge is 0.488 e. The van der Waals surface area contributed by atoms with Crippen LogP contribution in [0.3, 0.4) is 0 Å². The van der Waals surface area contributed by atoms with Crippen LogP contribution in [0.25, 0.3) is 0 Å². The molecule has 0 heterocycles. The highest BCUT2D eigenvalue weighted by molar-refractivity contribution is 5.90. The number of non-ortho nitro benzene ring substituents is 1. The summed E-state index contributed by atoms with van der Waals surface area (Å²) in [6.45, 7) is 5.55. The molecule has 1 rings (SSSR count). The third-order valence-electron chi connectivity index (χ3n) is 3.37. The lowest BCUT2D eigenvalue weighted by Gasteiger charge is -2.19. The monoisotopic (exact) mass is 308 g/mol. The number of nitrogens with one attached hydrogen (secondary N) is 1. The first-order chi connectivity index (χ1) is 10.5. The highest BCUT2D eigenvalue weighted by Crippen LogP contribution is 2.31. The van der Waals surface area contributed by atoms with Crippen LogP contribution in [0.2, 0.25) is 0 Å². The van der Waals surface area contributed by atoms with Crippen LogP contribution in [0.1, 0.15) is 52.9 Å². The third-order valence-corrected chi connectivity index (χ3v) is 3.37. The normalized spacial score (nSPS) is 11.8. The van der Waals surface area contributed by atoms with Gasteiger partial charge in [-0.1, -0.05) is 26.7 Å². The van der Waals surface area contributed by atoms with Gasteiger partial charge in [0.1, 0.15) is 5.75 Å². The molecule has 0 radical (unpaired) electrons. The summed E-state index contributed by atoms with van der Waals surface area (Å²) >= 11 is 0. The molecule has 0 saturated carbocycles. The highest BCUT2D eigenvalue weighted by atomic mass is 16.6. The van der Waals surface area contributed by atoms with E-state index < -0.39 is 4.92 Å². The summed E-state index contributed by atoms with van der Waals surface area (Å²) in [4.78, 5) is 21.7. The van der Waals surface area contributed by atoms with Crippen molar-refractivity contribution in [2.75, 3.05) is 5.32 Å². The van der Waals surface area contributed by atoms with Crippen molar-refractivity contribution in [3.05, 3.63) is 28.3 Å². The number of ether oxygens (including phenoxy) is 1. The number of carbonyl (C=O) groups excluding carboxylic acids is 1. The maximum atomic E-state index is 11.2. The fourth-order valence-corrected chi connectivity index (χ4v) is 2.16. The van der Waals surface area contributed by atoms with Gasteiger partial charge in [-0.15, -0.1) is 0 Å². The van der Waals surface area contributed by atoms with E-state index in [1.165, 1.54) is 25.1 Å². The summed E-state index contributed by atoms with van der Waals surface area (Å²) in [5, 5.41) is 13.6. The van der Waals surface area contributed by atoms with Gasteiger partial charge >= 0.3 is 0 Å². The molecule has 0 aromatic heterocycles. The number of amides is 1. The Hall–Kier alpha value is -2.11. The number of nitro groups is 1. The first kappa shape index (κ1) is 17.9. The molecular weight excluding hydrogens is 284 g/mol. The molecule has 0 aliphatic rings. The minimum Gasteiger partial charge on any atom is -0.488 e. The maximum absolute atomic E-state index is 11.2. The molecule has 1 atom stereocenters. The van der Waals surface area contributed by atoms with Gasteiger partial charge in [0.15, 0.2) is 0 Å². The van der Waals surface area contributed by atoms with Gasteiger partial charge in [-0.3, -0.25) is 14.9 Å². The molecule has 1 amide bonds. The zero-order valence-corrected chi connectivity index (χ0v) is 13.4. The van der Waals surface area contributed by atoms with E-state index in [-0.39, 0.29) is 17.7 Å². The Labute approximate surface area is 131 Å². The van der Waals surface area contributed by atoms with Gasteiger partial charge in [-0.05, 0) is 25.3 Å². The summed E-state index contributed by atoms with van der Waals surface area (Å²) in [7, 11) is 0. The van der Waals surface area contributed by atoms with Crippen LogP contribution < -0.4 is 10.1 Å². The molecule has 1 aromatic carbocycles. The fraction of sp³-hybridized carbons (Fsp3) is 0.562. The Balaban J connectivity index is 2.93. The smallest absolute Gasteiger partial charge is 0.273 e. The predicted octanol–water partition coefficient (Wildman–Crippen LogP) is 4.29. The molecule has 1 unspecified atom stereocenters. The van der Waals surface area contributed by atoms with Gasteiger partial charge < -0.3 is 10.1 Å². The van der Waals surface area contributed by atoms with Crippen molar-refractivity contribution in [3.63, 3.8) is 0 Å². The quantitative estimate of drug-likeness (QED) is 0.419. The molecule has 1 aromatic rings. The van der Waals surface area contributed by atoms with E-state index in [9.17, 15) is 14.9 Å². The van der Waals surface area contributed by atoms with Crippen LogP contribution in [0, 0.1) is 10.1 Å². The molecule has 6 heteroatoms. The van der Waals surface area contributed by atoms with Crippen molar-refractivity contribution in [1.29, 1.82) is 0 Å². The minimum atomic E-state index is -0.470. The van der Waals surface area contributed by atoms with Crippen molar-refractivity contribution in [3.8, 4) is 5.75 Å². The zero-order valence-electron chi connectivity index (χ0n) is 13.4. The average Bonchev–Trinajstić information content (AvgIpc) is 2.47. The summed E-state index contributed by atoms with van der Waals surface area (Å²) in [6.07, 6.45) is 5.01. The van der Waals surface area contributed by atoms with Gasteiger partial charge in [0.2, 0.25) is 5.91 Å². The van der Waals surface area contributed by atoms with Crippen molar-refractivity contribution in [1.82, 2.24) is 0 Å². The molecule has 0 bridgehead atoms. The molecule has 0 aliphatic carbocycles. The van der Waals surface area contributed by atoms with E-state index in [1.807, 2.05) is 6.92 Å². The molecule has 22 heavy (non-hydrogen) atoms. The zero-order chi connectivity index (χ0) is 16.5. The minimum absolute atomic E-state index is 0.0129. The van der Waals surface area contributed by atoms with Crippen LogP contribution in [0.4, 0.5) is 11.4 Å². The summed E-state index contributed by atoms with van der Waals surface area (Å²) in [5.74, 6) is 0.116. The molecular formula is C16H24N2O4. The Kier molecular flexibility index (Phi) is 7.36. The number of benzene rings is 1. The van der Waals surface area contributed by atoms with Crippen LogP contribution in [-0.2, 0) is 4.79 Å². The Morgan fingerprint density at radius 3 is 2.64 bits per heavy atom. The molecule has 0 aliphatic heterocycles. The summed E-state index contributed by atoms with van der Waals surface area (Å²) in [5.41, 5.74) is 0.416. The highest BCUT2D eigenvalue weighted by Gasteiger charge is 2.16. The number of hydrogen-bond donors (Lipinski definition) is 1. The van der Waals surface area contributed by atoms with Crippen LogP contribution >= 0.6 is 0 Å². The maximum Gasteiger partial charge on any atom is 0.273 e. The Morgan fingerprint density at radius 1 is 1.36 bits per heavy atom. The molecule has 0 spiro atoms. The van der Waals surface area contributed by atoms with E-state index in [0.717, 1.165) is 32.1 Å². The molecule has 0 saturated heterocycles. The van der Waals surface area contributed by atoms with Crippen LogP contribution in [0.5, 0.6) is 5.75 Å². The van der Waals surface area contributed by atoms with Crippen molar-refractivity contribution in [2.24, 2.45) is 0 Å². The second-order valence-electron chi connectivity index (χ2n) is 5.26. The third kappa shape index (κ3) is 5.71. The van der Waals surface area contributed by atoms with Gasteiger partial charge in [0.05, 0.1) is 22.8 Å². The fourth-order valence-electron chi connectivity index (χ4n) is 2.16. The van der Waals surface area contributed by atoms with Crippen molar-refractivity contribution >= 4 is 17.3 Å². The number of nitro benzene ring substituents is 1. The second-order valence-corrected chi connectivity index (χ2v) is 5.26. The van der Waals surface area contributed by atoms with Gasteiger partial charge in [0.25, 0.3) is 5.69 Å². The lowest BCUT2D eigenvalue weighted by molar-refractivity contribution is -0.384. The van der Waals surface area contributed by atoms with Crippen molar-refractivity contribution < 1.29 is 14.5 Å². The molecule has 122 valence electrons.